The molecule has 2 aliphatic rings. The third-order valence-corrected chi connectivity index (χ3v) is 4.67. The first kappa shape index (κ1) is 14.9. The first-order valence-electron chi connectivity index (χ1n) is 7.84. The summed E-state index contributed by atoms with van der Waals surface area (Å²) in [6, 6.07) is 3.87. The van der Waals surface area contributed by atoms with E-state index in [0.29, 0.717) is 43.5 Å². The zero-order chi connectivity index (χ0) is 15.7. The highest BCUT2D eigenvalue weighted by Crippen LogP contribution is 2.47. The number of carbonyl (C=O) groups excluding carboxylic acids is 1. The SMILES string of the molecule is CC1CC1c1ccc(C=CC(=O)N2CCC(C(=O)O)CC2)o1. The van der Waals surface area contributed by atoms with E-state index in [1.807, 2.05) is 12.1 Å². The molecule has 0 spiro atoms. The first-order valence-corrected chi connectivity index (χ1v) is 7.84. The van der Waals surface area contributed by atoms with Crippen LogP contribution in [0.3, 0.4) is 0 Å². The molecule has 118 valence electrons. The molecule has 0 radical (unpaired) electrons. The minimum absolute atomic E-state index is 0.0819. The Morgan fingerprint density at radius 2 is 2.00 bits per heavy atom. The van der Waals surface area contributed by atoms with Crippen LogP contribution in [0, 0.1) is 11.8 Å². The second-order valence-electron chi connectivity index (χ2n) is 6.33. The van der Waals surface area contributed by atoms with E-state index in [1.165, 1.54) is 12.5 Å². The molecule has 1 aromatic rings. The van der Waals surface area contributed by atoms with Gasteiger partial charge in [0.1, 0.15) is 11.5 Å². The number of furan rings is 1. The molecule has 1 aliphatic carbocycles. The second kappa shape index (κ2) is 5.99. The standard InChI is InChI=1S/C17H21NO4/c1-11-10-14(11)15-4-2-13(22-15)3-5-16(19)18-8-6-12(7-9-18)17(20)21/h2-5,11-12,14H,6-10H2,1H3,(H,20,21). The zero-order valence-corrected chi connectivity index (χ0v) is 12.7. The number of nitrogens with zero attached hydrogens (tertiary/aromatic N) is 1. The number of rotatable bonds is 4. The lowest BCUT2D eigenvalue weighted by molar-refractivity contribution is -0.144. The van der Waals surface area contributed by atoms with E-state index in [2.05, 4.69) is 6.92 Å². The van der Waals surface area contributed by atoms with Gasteiger partial charge < -0.3 is 14.4 Å². The Balaban J connectivity index is 1.53. The summed E-state index contributed by atoms with van der Waals surface area (Å²) in [7, 11) is 0. The average molecular weight is 303 g/mol. The van der Waals surface area contributed by atoms with Crippen LogP contribution in [0.4, 0.5) is 0 Å². The Bertz CT molecular complexity index is 596. The molecule has 22 heavy (non-hydrogen) atoms. The van der Waals surface area contributed by atoms with Crippen molar-refractivity contribution in [3.8, 4) is 0 Å². The predicted molar refractivity (Wildman–Crippen MR) is 81.2 cm³/mol. The van der Waals surface area contributed by atoms with E-state index in [-0.39, 0.29) is 11.8 Å². The average Bonchev–Trinajstić information content (AvgIpc) is 3.06. The van der Waals surface area contributed by atoms with Gasteiger partial charge in [0.25, 0.3) is 0 Å². The molecule has 2 unspecified atom stereocenters. The lowest BCUT2D eigenvalue weighted by Gasteiger charge is -2.29. The van der Waals surface area contributed by atoms with Gasteiger partial charge in [-0.15, -0.1) is 0 Å². The van der Waals surface area contributed by atoms with Crippen molar-refractivity contribution in [2.24, 2.45) is 11.8 Å². The van der Waals surface area contributed by atoms with Crippen LogP contribution in [-0.2, 0) is 9.59 Å². The van der Waals surface area contributed by atoms with E-state index in [4.69, 9.17) is 9.52 Å². The number of piperidine rings is 1. The molecule has 2 heterocycles. The summed E-state index contributed by atoms with van der Waals surface area (Å²) in [6.45, 7) is 3.21. The topological polar surface area (TPSA) is 70.8 Å². The van der Waals surface area contributed by atoms with E-state index in [0.717, 1.165) is 5.76 Å². The van der Waals surface area contributed by atoms with Crippen LogP contribution in [0.1, 0.15) is 43.6 Å². The molecule has 1 saturated heterocycles. The van der Waals surface area contributed by atoms with Gasteiger partial charge in [-0.3, -0.25) is 9.59 Å². The molecule has 1 amide bonds. The van der Waals surface area contributed by atoms with Gasteiger partial charge in [-0.05, 0) is 43.4 Å². The lowest BCUT2D eigenvalue weighted by atomic mass is 9.97. The highest BCUT2D eigenvalue weighted by Gasteiger charge is 2.36. The number of amides is 1. The van der Waals surface area contributed by atoms with Crippen molar-refractivity contribution in [1.29, 1.82) is 0 Å². The molecule has 2 fully saturated rings. The Hall–Kier alpha value is -2.04. The minimum atomic E-state index is -0.764. The van der Waals surface area contributed by atoms with E-state index in [9.17, 15) is 9.59 Å². The Labute approximate surface area is 129 Å². The van der Waals surface area contributed by atoms with Crippen molar-refractivity contribution in [3.05, 3.63) is 29.7 Å². The molecule has 5 heteroatoms. The van der Waals surface area contributed by atoms with Gasteiger partial charge in [0, 0.05) is 25.1 Å². The lowest BCUT2D eigenvalue weighted by Crippen LogP contribution is -2.39. The van der Waals surface area contributed by atoms with Gasteiger partial charge in [0.05, 0.1) is 5.92 Å². The van der Waals surface area contributed by atoms with E-state index < -0.39 is 5.97 Å². The molecule has 0 bridgehead atoms. The molecule has 1 N–H and O–H groups in total. The molecule has 3 rings (SSSR count). The van der Waals surface area contributed by atoms with Crippen LogP contribution in [0.25, 0.3) is 6.08 Å². The molecule has 0 aromatic carbocycles. The van der Waals surface area contributed by atoms with E-state index in [1.54, 1.807) is 11.0 Å². The van der Waals surface area contributed by atoms with Gasteiger partial charge in [0.2, 0.25) is 5.91 Å². The Kier molecular flexibility index (Phi) is 4.05. The third-order valence-electron chi connectivity index (χ3n) is 4.67. The van der Waals surface area contributed by atoms with Crippen molar-refractivity contribution in [1.82, 2.24) is 4.90 Å². The molecular formula is C17H21NO4. The summed E-state index contributed by atoms with van der Waals surface area (Å²) in [5.74, 6) is 1.76. The Morgan fingerprint density at radius 1 is 1.32 bits per heavy atom. The number of hydrogen-bond donors (Lipinski definition) is 1. The van der Waals surface area contributed by atoms with Gasteiger partial charge in [0.15, 0.2) is 0 Å². The largest absolute Gasteiger partial charge is 0.481 e. The molecule has 1 saturated carbocycles. The van der Waals surface area contributed by atoms with Crippen molar-refractivity contribution < 1.29 is 19.1 Å². The van der Waals surface area contributed by atoms with Crippen LogP contribution in [0.15, 0.2) is 22.6 Å². The molecule has 1 aromatic heterocycles. The number of hydrogen-bond acceptors (Lipinski definition) is 3. The van der Waals surface area contributed by atoms with Gasteiger partial charge in [-0.2, -0.15) is 0 Å². The summed E-state index contributed by atoms with van der Waals surface area (Å²) in [5.41, 5.74) is 0. The monoisotopic (exact) mass is 303 g/mol. The smallest absolute Gasteiger partial charge is 0.306 e. The minimum Gasteiger partial charge on any atom is -0.481 e. The number of carboxylic acids is 1. The maximum Gasteiger partial charge on any atom is 0.306 e. The normalized spacial score (nSPS) is 25.6. The second-order valence-corrected chi connectivity index (χ2v) is 6.33. The summed E-state index contributed by atoms with van der Waals surface area (Å²) in [6.07, 6.45) is 5.44. The van der Waals surface area contributed by atoms with Crippen LogP contribution in [0.2, 0.25) is 0 Å². The molecule has 2 atom stereocenters. The van der Waals surface area contributed by atoms with Crippen LogP contribution in [0.5, 0.6) is 0 Å². The van der Waals surface area contributed by atoms with Crippen LogP contribution >= 0.6 is 0 Å². The van der Waals surface area contributed by atoms with Gasteiger partial charge in [-0.1, -0.05) is 6.92 Å². The van der Waals surface area contributed by atoms with Crippen molar-refractivity contribution in [3.63, 3.8) is 0 Å². The maximum absolute atomic E-state index is 12.1. The summed E-state index contributed by atoms with van der Waals surface area (Å²) in [4.78, 5) is 24.7. The van der Waals surface area contributed by atoms with Gasteiger partial charge >= 0.3 is 5.97 Å². The molecular weight excluding hydrogens is 282 g/mol. The summed E-state index contributed by atoms with van der Waals surface area (Å²) in [5, 5.41) is 8.96. The third kappa shape index (κ3) is 3.24. The summed E-state index contributed by atoms with van der Waals surface area (Å²) < 4.78 is 5.73. The van der Waals surface area contributed by atoms with Crippen molar-refractivity contribution in [2.45, 2.75) is 32.1 Å². The number of carboxylic acid groups (broad SMARTS) is 1. The fourth-order valence-electron chi connectivity index (χ4n) is 2.98. The van der Waals surface area contributed by atoms with Crippen LogP contribution in [-0.4, -0.2) is 35.0 Å². The molecule has 5 nitrogen and oxygen atoms in total. The number of carbonyl (C=O) groups is 2. The predicted octanol–water partition coefficient (Wildman–Crippen LogP) is 2.74. The highest BCUT2D eigenvalue weighted by molar-refractivity contribution is 5.91. The molecule has 1 aliphatic heterocycles. The first-order chi connectivity index (χ1) is 10.5. The Morgan fingerprint density at radius 3 is 2.59 bits per heavy atom. The van der Waals surface area contributed by atoms with Crippen molar-refractivity contribution >= 4 is 18.0 Å². The van der Waals surface area contributed by atoms with Gasteiger partial charge in [-0.25, -0.2) is 0 Å². The highest BCUT2D eigenvalue weighted by atomic mass is 16.4. The quantitative estimate of drug-likeness (QED) is 0.868. The number of aliphatic carboxylic acids is 1. The summed E-state index contributed by atoms with van der Waals surface area (Å²) >= 11 is 0. The number of likely N-dealkylation sites (tertiary alicyclic amines) is 1. The fourth-order valence-corrected chi connectivity index (χ4v) is 2.98. The zero-order valence-electron chi connectivity index (χ0n) is 12.7. The van der Waals surface area contributed by atoms with E-state index >= 15 is 0 Å². The van der Waals surface area contributed by atoms with Crippen molar-refractivity contribution in [2.75, 3.05) is 13.1 Å². The fraction of sp³-hybridized carbons (Fsp3) is 0.529. The van der Waals surface area contributed by atoms with Crippen LogP contribution < -0.4 is 0 Å². The maximum atomic E-state index is 12.1.